The van der Waals surface area contributed by atoms with E-state index in [0.717, 1.165) is 69.8 Å². The van der Waals surface area contributed by atoms with Crippen molar-refractivity contribution in [3.8, 4) is 17.2 Å². The van der Waals surface area contributed by atoms with Gasteiger partial charge in [0, 0.05) is 18.2 Å². The van der Waals surface area contributed by atoms with Gasteiger partial charge < -0.3 is 27.7 Å². The Balaban J connectivity index is 2.35. The second kappa shape index (κ2) is 28.9. The molecule has 0 saturated heterocycles. The molecular weight excluding hydrogens is 631 g/mol. The molecule has 0 aliphatic heterocycles. The molecule has 1 aromatic carbocycles. The Hall–Kier alpha value is -1.50. The zero-order valence-corrected chi connectivity index (χ0v) is 36.0. The van der Waals surface area contributed by atoms with Gasteiger partial charge in [0.15, 0.2) is 0 Å². The zero-order chi connectivity index (χ0) is 37.7. The van der Waals surface area contributed by atoms with Gasteiger partial charge in [-0.15, -0.1) is 0 Å². The first kappa shape index (κ1) is 47.5. The van der Waals surface area contributed by atoms with Crippen molar-refractivity contribution in [3.63, 3.8) is 0 Å². The normalized spacial score (nSPS) is 12.4. The summed E-state index contributed by atoms with van der Waals surface area (Å²) in [4.78, 5) is 0. The van der Waals surface area contributed by atoms with Gasteiger partial charge in [-0.25, -0.2) is 0 Å². The van der Waals surface area contributed by atoms with E-state index in [4.69, 9.17) is 14.2 Å². The molecular formula is C45H90N3O3+3. The molecule has 0 spiro atoms. The lowest BCUT2D eigenvalue weighted by atomic mass is 10.1. The average Bonchev–Trinajstić information content (AvgIpc) is 3.03. The van der Waals surface area contributed by atoms with Crippen molar-refractivity contribution in [1.82, 2.24) is 0 Å². The SMILES string of the molecule is C[N+](C)(C)CCCCCCCCCCOc1cc(OCCCCCCCCCC[N+](C)(C)C)cc(OCCCCCCCCCC[N+](C)(C)C)c1. The predicted octanol–water partition coefficient (Wildman–Crippen LogP) is 11.3. The molecule has 0 saturated carbocycles. The number of quaternary nitrogens is 3. The number of ether oxygens (including phenoxy) is 3. The first-order valence-electron chi connectivity index (χ1n) is 21.7. The van der Waals surface area contributed by atoms with Crippen molar-refractivity contribution in [3.05, 3.63) is 18.2 Å². The number of hydrogen-bond acceptors (Lipinski definition) is 3. The van der Waals surface area contributed by atoms with E-state index in [2.05, 4.69) is 81.6 Å². The predicted molar refractivity (Wildman–Crippen MR) is 222 cm³/mol. The van der Waals surface area contributed by atoms with E-state index in [1.54, 1.807) is 0 Å². The maximum absolute atomic E-state index is 6.25. The lowest BCUT2D eigenvalue weighted by molar-refractivity contribution is -0.870. The van der Waals surface area contributed by atoms with Gasteiger partial charge in [0.25, 0.3) is 0 Å². The summed E-state index contributed by atoms with van der Waals surface area (Å²) in [7, 11) is 20.6. The minimum Gasteiger partial charge on any atom is -0.493 e. The van der Waals surface area contributed by atoms with Crippen molar-refractivity contribution in [2.24, 2.45) is 0 Å². The van der Waals surface area contributed by atoms with Crippen LogP contribution in [-0.4, -0.2) is 116 Å². The molecule has 6 heteroatoms. The first-order valence-corrected chi connectivity index (χ1v) is 21.7. The smallest absolute Gasteiger partial charge is 0.126 e. The highest BCUT2D eigenvalue weighted by molar-refractivity contribution is 5.42. The van der Waals surface area contributed by atoms with E-state index in [-0.39, 0.29) is 0 Å². The van der Waals surface area contributed by atoms with Crippen LogP contribution in [0, 0.1) is 0 Å². The molecule has 0 amide bonds. The molecule has 0 bridgehead atoms. The molecule has 1 rings (SSSR count). The van der Waals surface area contributed by atoms with Crippen molar-refractivity contribution in [2.45, 2.75) is 154 Å². The maximum atomic E-state index is 6.25. The van der Waals surface area contributed by atoms with E-state index in [1.165, 1.54) is 154 Å². The van der Waals surface area contributed by atoms with E-state index in [1.807, 2.05) is 0 Å². The molecule has 1 aromatic rings. The number of unbranched alkanes of at least 4 members (excludes halogenated alkanes) is 21. The first-order chi connectivity index (χ1) is 24.2. The second-order valence-corrected chi connectivity index (χ2v) is 18.7. The fourth-order valence-electron chi connectivity index (χ4n) is 6.61. The summed E-state index contributed by atoms with van der Waals surface area (Å²) in [6, 6.07) is 6.21. The molecule has 0 N–H and O–H groups in total. The molecule has 0 unspecified atom stereocenters. The highest BCUT2D eigenvalue weighted by Gasteiger charge is 2.09. The highest BCUT2D eigenvalue weighted by Crippen LogP contribution is 2.29. The quantitative estimate of drug-likeness (QED) is 0.0510. The third-order valence-electron chi connectivity index (χ3n) is 9.83. The van der Waals surface area contributed by atoms with Gasteiger partial charge in [0.1, 0.15) is 17.2 Å². The van der Waals surface area contributed by atoms with Crippen molar-refractivity contribution in [2.75, 3.05) is 103 Å². The third kappa shape index (κ3) is 34.0. The van der Waals surface area contributed by atoms with E-state index < -0.39 is 0 Å². The molecule has 0 fully saturated rings. The van der Waals surface area contributed by atoms with Crippen LogP contribution < -0.4 is 14.2 Å². The summed E-state index contributed by atoms with van der Waals surface area (Å²) in [5.41, 5.74) is 0. The molecule has 51 heavy (non-hydrogen) atoms. The topological polar surface area (TPSA) is 27.7 Å². The second-order valence-electron chi connectivity index (χ2n) is 18.7. The van der Waals surface area contributed by atoms with Gasteiger partial charge in [-0.3, -0.25) is 0 Å². The lowest BCUT2D eigenvalue weighted by Crippen LogP contribution is -2.35. The molecule has 0 radical (unpaired) electrons. The Kier molecular flexibility index (Phi) is 27.0. The van der Waals surface area contributed by atoms with E-state index in [0.29, 0.717) is 0 Å². The van der Waals surface area contributed by atoms with Crippen molar-refractivity contribution >= 4 is 0 Å². The number of nitrogens with zero attached hydrogens (tertiary/aromatic N) is 3. The van der Waals surface area contributed by atoms with Crippen molar-refractivity contribution < 1.29 is 27.7 Å². The van der Waals surface area contributed by atoms with Crippen LogP contribution in [0.1, 0.15) is 154 Å². The van der Waals surface area contributed by atoms with Crippen LogP contribution >= 0.6 is 0 Å². The molecule has 0 atom stereocenters. The summed E-state index contributed by atoms with van der Waals surface area (Å²) in [6.45, 7) is 6.13. The van der Waals surface area contributed by atoms with Gasteiger partial charge in [-0.1, -0.05) is 96.3 Å². The summed E-state index contributed by atoms with van der Waals surface area (Å²) in [6.07, 6.45) is 31.4. The Morgan fingerprint density at radius 3 is 0.647 bits per heavy atom. The van der Waals surface area contributed by atoms with Gasteiger partial charge in [0.2, 0.25) is 0 Å². The van der Waals surface area contributed by atoms with Gasteiger partial charge in [0.05, 0.1) is 103 Å². The zero-order valence-electron chi connectivity index (χ0n) is 36.0. The Labute approximate surface area is 319 Å². The number of hydrogen-bond donors (Lipinski definition) is 0. The van der Waals surface area contributed by atoms with Crippen LogP contribution in [-0.2, 0) is 0 Å². The monoisotopic (exact) mass is 721 g/mol. The van der Waals surface area contributed by atoms with Crippen LogP contribution in [0.4, 0.5) is 0 Å². The van der Waals surface area contributed by atoms with Gasteiger partial charge >= 0.3 is 0 Å². The fraction of sp³-hybridized carbons (Fsp3) is 0.867. The number of benzene rings is 1. The van der Waals surface area contributed by atoms with E-state index >= 15 is 0 Å². The van der Waals surface area contributed by atoms with Gasteiger partial charge in [-0.2, -0.15) is 0 Å². The van der Waals surface area contributed by atoms with Crippen molar-refractivity contribution in [1.29, 1.82) is 0 Å². The summed E-state index contributed by atoms with van der Waals surface area (Å²) in [5.74, 6) is 2.65. The van der Waals surface area contributed by atoms with E-state index in [9.17, 15) is 0 Å². The fourth-order valence-corrected chi connectivity index (χ4v) is 6.61. The lowest BCUT2D eigenvalue weighted by Gasteiger charge is -2.23. The molecule has 300 valence electrons. The molecule has 0 aromatic heterocycles. The minimum absolute atomic E-state index is 0.761. The number of rotatable bonds is 36. The highest BCUT2D eigenvalue weighted by atomic mass is 16.5. The van der Waals surface area contributed by atoms with Crippen LogP contribution in [0.5, 0.6) is 17.2 Å². The Morgan fingerprint density at radius 2 is 0.451 bits per heavy atom. The molecule has 0 heterocycles. The summed E-state index contributed by atoms with van der Waals surface area (Å²) >= 11 is 0. The van der Waals surface area contributed by atoms with Crippen LogP contribution in [0.15, 0.2) is 18.2 Å². The van der Waals surface area contributed by atoms with Gasteiger partial charge in [-0.05, 0) is 57.8 Å². The van der Waals surface area contributed by atoms with Crippen LogP contribution in [0.25, 0.3) is 0 Å². The standard InChI is InChI=1S/C45H90N3O3/c1-46(2,3)34-28-22-16-10-13-19-25-31-37-49-43-40-44(50-38-32-26-20-14-11-17-23-29-35-47(4,5)6)42-45(41-43)51-39-33-27-21-15-12-18-24-30-36-48(7,8)9/h40-42H,10-39H2,1-9H3/q+3. The largest absolute Gasteiger partial charge is 0.493 e. The summed E-state index contributed by atoms with van der Waals surface area (Å²) in [5, 5.41) is 0. The molecule has 0 aliphatic carbocycles. The average molecular weight is 721 g/mol. The Bertz CT molecular complexity index is 801. The molecule has 6 nitrogen and oxygen atoms in total. The Morgan fingerprint density at radius 1 is 0.275 bits per heavy atom. The summed E-state index contributed by atoms with van der Waals surface area (Å²) < 4.78 is 22.0. The van der Waals surface area contributed by atoms with Crippen LogP contribution in [0.2, 0.25) is 0 Å². The maximum Gasteiger partial charge on any atom is 0.126 e. The van der Waals surface area contributed by atoms with Crippen LogP contribution in [0.3, 0.4) is 0 Å². The molecule has 0 aliphatic rings. The third-order valence-corrected chi connectivity index (χ3v) is 9.83. The minimum atomic E-state index is 0.761.